The first-order valence-electron chi connectivity index (χ1n) is 10.5. The standard InChI is InChI=1S/C20H40NO4S/c1-3-5-6-7-8-9-10-11-12-13-14-15-16-17-18-19(26(23,24)25)20(22)21-4-2/h19H,2-18H2,1H3,(H,21,22)(H,23,24,25). The van der Waals surface area contributed by atoms with Crippen LogP contribution in [0.4, 0.5) is 0 Å². The molecule has 0 aliphatic heterocycles. The van der Waals surface area contributed by atoms with Crippen LogP contribution < -0.4 is 5.32 Å². The Morgan fingerprint density at radius 3 is 1.58 bits per heavy atom. The minimum atomic E-state index is -4.34. The molecule has 0 heterocycles. The molecule has 6 heteroatoms. The molecule has 26 heavy (non-hydrogen) atoms. The van der Waals surface area contributed by atoms with Crippen LogP contribution in [0.2, 0.25) is 0 Å². The Morgan fingerprint density at radius 1 is 0.846 bits per heavy atom. The summed E-state index contributed by atoms with van der Waals surface area (Å²) >= 11 is 0. The van der Waals surface area contributed by atoms with Gasteiger partial charge in [0.1, 0.15) is 0 Å². The van der Waals surface area contributed by atoms with Crippen LogP contribution in [0.1, 0.15) is 103 Å². The van der Waals surface area contributed by atoms with E-state index in [-0.39, 0.29) is 13.0 Å². The summed E-state index contributed by atoms with van der Waals surface area (Å²) in [5.74, 6) is -0.655. The number of hydrogen-bond acceptors (Lipinski definition) is 3. The second-order valence-corrected chi connectivity index (χ2v) is 8.78. The summed E-state index contributed by atoms with van der Waals surface area (Å²) in [6.45, 7) is 5.81. The Morgan fingerprint density at radius 2 is 1.23 bits per heavy atom. The topological polar surface area (TPSA) is 83.5 Å². The fraction of sp³-hybridized carbons (Fsp3) is 0.900. The summed E-state index contributed by atoms with van der Waals surface area (Å²) in [6.07, 6.45) is 17.2. The lowest BCUT2D eigenvalue weighted by Crippen LogP contribution is -2.39. The molecule has 0 saturated heterocycles. The van der Waals surface area contributed by atoms with Crippen LogP contribution in [0.15, 0.2) is 0 Å². The molecule has 2 N–H and O–H groups in total. The first-order valence-corrected chi connectivity index (χ1v) is 12.0. The minimum Gasteiger partial charge on any atom is -0.355 e. The van der Waals surface area contributed by atoms with E-state index >= 15 is 0 Å². The van der Waals surface area contributed by atoms with Crippen LogP contribution >= 0.6 is 0 Å². The highest BCUT2D eigenvalue weighted by Gasteiger charge is 2.29. The maximum Gasteiger partial charge on any atom is 0.276 e. The van der Waals surface area contributed by atoms with Gasteiger partial charge in [-0.15, -0.1) is 0 Å². The number of unbranched alkanes of at least 4 members (excludes halogenated alkanes) is 13. The normalized spacial score (nSPS) is 12.9. The number of carbonyl (C=O) groups is 1. The van der Waals surface area contributed by atoms with Gasteiger partial charge in [-0.05, 0) is 13.3 Å². The third kappa shape index (κ3) is 14.5. The van der Waals surface area contributed by atoms with Crippen molar-refractivity contribution in [2.24, 2.45) is 0 Å². The van der Waals surface area contributed by atoms with Gasteiger partial charge in [-0.1, -0.05) is 96.8 Å². The van der Waals surface area contributed by atoms with Crippen LogP contribution in [0.25, 0.3) is 0 Å². The molecule has 0 aliphatic carbocycles. The van der Waals surface area contributed by atoms with Crippen molar-refractivity contribution in [3.63, 3.8) is 0 Å². The maximum absolute atomic E-state index is 11.7. The Labute approximate surface area is 161 Å². The van der Waals surface area contributed by atoms with Gasteiger partial charge >= 0.3 is 0 Å². The highest BCUT2D eigenvalue weighted by molar-refractivity contribution is 7.87. The number of carbonyl (C=O) groups excluding carboxylic acids is 1. The summed E-state index contributed by atoms with van der Waals surface area (Å²) in [6, 6.07) is 0. The summed E-state index contributed by atoms with van der Waals surface area (Å²) in [7, 11) is -4.34. The van der Waals surface area contributed by atoms with E-state index in [1.807, 2.05) is 0 Å². The van der Waals surface area contributed by atoms with E-state index in [0.717, 1.165) is 19.3 Å². The minimum absolute atomic E-state index is 0.115. The summed E-state index contributed by atoms with van der Waals surface area (Å²) in [5.41, 5.74) is 0. The molecule has 0 aromatic rings. The molecule has 0 aromatic heterocycles. The zero-order chi connectivity index (χ0) is 19.7. The van der Waals surface area contributed by atoms with Gasteiger partial charge in [-0.25, -0.2) is 0 Å². The first kappa shape index (κ1) is 25.4. The Bertz CT molecular complexity index is 437. The molecular weight excluding hydrogens is 350 g/mol. The van der Waals surface area contributed by atoms with Crippen LogP contribution in [-0.2, 0) is 14.9 Å². The molecule has 5 nitrogen and oxygen atoms in total. The molecule has 0 saturated carbocycles. The average molecular weight is 391 g/mol. The zero-order valence-corrected chi connectivity index (χ0v) is 17.5. The smallest absolute Gasteiger partial charge is 0.276 e. The van der Waals surface area contributed by atoms with Crippen LogP contribution in [-0.4, -0.2) is 30.7 Å². The van der Waals surface area contributed by atoms with Gasteiger partial charge in [0.05, 0.1) is 0 Å². The van der Waals surface area contributed by atoms with E-state index in [2.05, 4.69) is 19.2 Å². The Hall–Kier alpha value is -0.620. The summed E-state index contributed by atoms with van der Waals surface area (Å²) in [5, 5.41) is 1.00. The van der Waals surface area contributed by atoms with Gasteiger partial charge in [-0.3, -0.25) is 9.35 Å². The lowest BCUT2D eigenvalue weighted by atomic mass is 10.0. The second kappa shape index (κ2) is 16.5. The molecule has 0 aliphatic rings. The van der Waals surface area contributed by atoms with Gasteiger partial charge < -0.3 is 5.32 Å². The van der Waals surface area contributed by atoms with Gasteiger partial charge in [0.2, 0.25) is 5.91 Å². The first-order chi connectivity index (χ1) is 12.4. The molecule has 0 aromatic carbocycles. The highest BCUT2D eigenvalue weighted by Crippen LogP contribution is 2.15. The fourth-order valence-corrected chi connectivity index (χ4v) is 3.99. The lowest BCUT2D eigenvalue weighted by Gasteiger charge is -2.13. The van der Waals surface area contributed by atoms with Crippen molar-refractivity contribution >= 4 is 16.0 Å². The van der Waals surface area contributed by atoms with Gasteiger partial charge in [-0.2, -0.15) is 8.42 Å². The second-order valence-electron chi connectivity index (χ2n) is 7.18. The summed E-state index contributed by atoms with van der Waals surface area (Å²) < 4.78 is 31.7. The van der Waals surface area contributed by atoms with Crippen LogP contribution in [0, 0.1) is 6.92 Å². The molecule has 0 rings (SSSR count). The van der Waals surface area contributed by atoms with Crippen molar-refractivity contribution in [1.82, 2.24) is 5.32 Å². The predicted octanol–water partition coefficient (Wildman–Crippen LogP) is 5.06. The summed E-state index contributed by atoms with van der Waals surface area (Å²) in [4.78, 5) is 11.7. The lowest BCUT2D eigenvalue weighted by molar-refractivity contribution is -0.120. The average Bonchev–Trinajstić information content (AvgIpc) is 2.57. The number of rotatable bonds is 18. The van der Waals surface area contributed by atoms with Crippen molar-refractivity contribution in [3.05, 3.63) is 6.92 Å². The molecule has 0 spiro atoms. The molecule has 1 amide bonds. The predicted molar refractivity (Wildman–Crippen MR) is 109 cm³/mol. The molecule has 1 unspecified atom stereocenters. The van der Waals surface area contributed by atoms with Crippen molar-refractivity contribution in [2.45, 2.75) is 108 Å². The fourth-order valence-electron chi connectivity index (χ4n) is 3.18. The zero-order valence-electron chi connectivity index (χ0n) is 16.7. The molecule has 1 atom stereocenters. The van der Waals surface area contributed by atoms with Gasteiger partial charge in [0, 0.05) is 6.54 Å². The van der Waals surface area contributed by atoms with E-state index in [4.69, 9.17) is 4.55 Å². The molecule has 1 radical (unpaired) electrons. The number of nitrogens with one attached hydrogen (secondary N) is 1. The maximum atomic E-state index is 11.7. The van der Waals surface area contributed by atoms with Crippen molar-refractivity contribution in [1.29, 1.82) is 0 Å². The van der Waals surface area contributed by atoms with Crippen molar-refractivity contribution in [2.75, 3.05) is 6.54 Å². The quantitative estimate of drug-likeness (QED) is 0.253. The van der Waals surface area contributed by atoms with E-state index in [9.17, 15) is 13.2 Å². The van der Waals surface area contributed by atoms with E-state index < -0.39 is 21.3 Å². The monoisotopic (exact) mass is 390 g/mol. The molecule has 0 bridgehead atoms. The third-order valence-corrected chi connectivity index (χ3v) is 5.94. The van der Waals surface area contributed by atoms with E-state index in [0.29, 0.717) is 6.42 Å². The third-order valence-electron chi connectivity index (χ3n) is 4.77. The molecule has 0 fully saturated rings. The largest absolute Gasteiger partial charge is 0.355 e. The SMILES string of the molecule is [CH2]CNC(=O)C(CCCCCCCCCCCCCCCC)S(=O)(=O)O. The Balaban J connectivity index is 3.55. The van der Waals surface area contributed by atoms with Crippen LogP contribution in [0.5, 0.6) is 0 Å². The van der Waals surface area contributed by atoms with E-state index in [1.54, 1.807) is 0 Å². The molecular formula is C20H40NO4S. The van der Waals surface area contributed by atoms with E-state index in [1.165, 1.54) is 64.2 Å². The highest BCUT2D eigenvalue weighted by atomic mass is 32.2. The number of amides is 1. The van der Waals surface area contributed by atoms with Crippen molar-refractivity contribution in [3.8, 4) is 0 Å². The van der Waals surface area contributed by atoms with Gasteiger partial charge in [0.25, 0.3) is 10.1 Å². The number of hydrogen-bond donors (Lipinski definition) is 2. The van der Waals surface area contributed by atoms with Crippen LogP contribution in [0.3, 0.4) is 0 Å². The van der Waals surface area contributed by atoms with Gasteiger partial charge in [0.15, 0.2) is 5.25 Å². The Kier molecular flexibility index (Phi) is 16.2. The van der Waals surface area contributed by atoms with Crippen molar-refractivity contribution < 1.29 is 17.8 Å². The molecule has 155 valence electrons.